The zero-order valence-electron chi connectivity index (χ0n) is 5.74. The summed E-state index contributed by atoms with van der Waals surface area (Å²) in [5.74, 6) is 0. The molecule has 1 fully saturated rings. The van der Waals surface area contributed by atoms with Gasteiger partial charge < -0.3 is 5.11 Å². The summed E-state index contributed by atoms with van der Waals surface area (Å²) in [4.78, 5) is 0. The topological polar surface area (TPSA) is 23.1 Å². The van der Waals surface area contributed by atoms with Crippen LogP contribution in [0, 0.1) is 0 Å². The van der Waals surface area contributed by atoms with Crippen LogP contribution in [0.15, 0.2) is 0 Å². The Kier molecular flexibility index (Phi) is 3.60. The van der Waals surface area contributed by atoms with Crippen molar-refractivity contribution in [3.05, 3.63) is 0 Å². The predicted octanol–water partition coefficient (Wildman–Crippen LogP) is -2.32. The van der Waals surface area contributed by atoms with Crippen molar-refractivity contribution in [3.8, 4) is 0 Å². The molecule has 0 N–H and O–H groups in total. The first kappa shape index (κ1) is 8.96. The Hall–Kier alpha value is 0.960. The van der Waals surface area contributed by atoms with E-state index >= 15 is 0 Å². The second kappa shape index (κ2) is 3.21. The Labute approximate surface area is 72.8 Å². The van der Waals surface area contributed by atoms with Crippen LogP contribution in [-0.4, -0.2) is 5.60 Å². The van der Waals surface area contributed by atoms with E-state index < -0.39 is 5.60 Å². The molecule has 0 aliphatic heterocycles. The molecule has 0 aromatic carbocycles. The maximum absolute atomic E-state index is 10.9. The number of hydrogen-bond donors (Lipinski definition) is 0. The Morgan fingerprint density at radius 2 is 1.62 bits per heavy atom. The van der Waals surface area contributed by atoms with Crippen LogP contribution in [0.4, 0.5) is 0 Å². The summed E-state index contributed by atoms with van der Waals surface area (Å²) in [6, 6.07) is 0. The summed E-state index contributed by atoms with van der Waals surface area (Å²) < 4.78 is 0. The minimum Gasteiger partial charge on any atom is -0.850 e. The normalized spacial score (nSPS) is 24.8. The third kappa shape index (κ3) is 2.49. The van der Waals surface area contributed by atoms with Crippen molar-refractivity contribution in [1.82, 2.24) is 0 Å². The molecule has 0 bridgehead atoms. The first-order chi connectivity index (χ1) is 3.21. The molecule has 0 spiro atoms. The van der Waals surface area contributed by atoms with Crippen LogP contribution in [0.2, 0.25) is 0 Å². The van der Waals surface area contributed by atoms with Crippen molar-refractivity contribution in [2.45, 2.75) is 38.2 Å². The Morgan fingerprint density at radius 1 is 1.25 bits per heavy atom. The van der Waals surface area contributed by atoms with E-state index in [0.29, 0.717) is 0 Å². The molecule has 1 saturated carbocycles. The summed E-state index contributed by atoms with van der Waals surface area (Å²) in [6.07, 6.45) is 4.10. The van der Waals surface area contributed by atoms with E-state index in [0.717, 1.165) is 25.7 Å². The predicted molar refractivity (Wildman–Crippen MR) is 26.9 cm³/mol. The Morgan fingerprint density at radius 3 is 1.75 bits per heavy atom. The van der Waals surface area contributed by atoms with Crippen LogP contribution < -0.4 is 34.7 Å². The Balaban J connectivity index is 0.000000490. The van der Waals surface area contributed by atoms with Gasteiger partial charge in [-0.2, -0.15) is 0 Å². The third-order valence-corrected chi connectivity index (χ3v) is 1.66. The van der Waals surface area contributed by atoms with Gasteiger partial charge in [-0.3, -0.25) is 0 Å². The van der Waals surface area contributed by atoms with Gasteiger partial charge in [-0.25, -0.2) is 0 Å². The van der Waals surface area contributed by atoms with Crippen LogP contribution in [0.25, 0.3) is 0 Å². The summed E-state index contributed by atoms with van der Waals surface area (Å²) in [7, 11) is 0. The van der Waals surface area contributed by atoms with E-state index in [1.54, 1.807) is 6.92 Å². The first-order valence-corrected chi connectivity index (χ1v) is 2.91. The molecule has 0 aromatic heterocycles. The molecule has 0 radical (unpaired) electrons. The fourth-order valence-electron chi connectivity index (χ4n) is 1.12. The SMILES string of the molecule is CC1([O-])CCCC1.[Na+]. The van der Waals surface area contributed by atoms with Crippen molar-refractivity contribution >= 4 is 0 Å². The van der Waals surface area contributed by atoms with E-state index in [4.69, 9.17) is 0 Å². The van der Waals surface area contributed by atoms with E-state index in [1.165, 1.54) is 0 Å². The monoisotopic (exact) mass is 122 g/mol. The zero-order valence-corrected chi connectivity index (χ0v) is 7.74. The molecule has 1 aliphatic carbocycles. The van der Waals surface area contributed by atoms with Gasteiger partial charge in [-0.1, -0.05) is 32.6 Å². The molecule has 0 saturated heterocycles. The van der Waals surface area contributed by atoms with E-state index in [-0.39, 0.29) is 29.6 Å². The molecule has 1 aliphatic rings. The van der Waals surface area contributed by atoms with Gasteiger partial charge in [0.05, 0.1) is 0 Å². The standard InChI is InChI=1S/C6H11O.Na/c1-6(7)4-2-3-5-6;/h2-5H2,1H3;/q-1;+1. The fourth-order valence-corrected chi connectivity index (χ4v) is 1.12. The molecule has 1 nitrogen and oxygen atoms in total. The smallest absolute Gasteiger partial charge is 0.850 e. The molecule has 0 atom stereocenters. The van der Waals surface area contributed by atoms with Crippen molar-refractivity contribution in [2.24, 2.45) is 0 Å². The van der Waals surface area contributed by atoms with Crippen LogP contribution >= 0.6 is 0 Å². The van der Waals surface area contributed by atoms with Crippen LogP contribution in [0.3, 0.4) is 0 Å². The Bertz CT molecular complexity index is 62.9. The van der Waals surface area contributed by atoms with E-state index in [1.807, 2.05) is 0 Å². The van der Waals surface area contributed by atoms with Gasteiger partial charge in [0.15, 0.2) is 0 Å². The summed E-state index contributed by atoms with van der Waals surface area (Å²) in [5, 5.41) is 10.9. The molecule has 0 amide bonds. The van der Waals surface area contributed by atoms with Gasteiger partial charge in [0, 0.05) is 0 Å². The van der Waals surface area contributed by atoms with Crippen molar-refractivity contribution in [3.63, 3.8) is 0 Å². The number of rotatable bonds is 0. The molecule has 0 aromatic rings. The van der Waals surface area contributed by atoms with Gasteiger partial charge in [0.1, 0.15) is 0 Å². The van der Waals surface area contributed by atoms with Gasteiger partial charge >= 0.3 is 29.6 Å². The third-order valence-electron chi connectivity index (χ3n) is 1.66. The molecule has 42 valence electrons. The molecular formula is C6H11NaO. The first-order valence-electron chi connectivity index (χ1n) is 2.91. The van der Waals surface area contributed by atoms with Gasteiger partial charge in [0.2, 0.25) is 0 Å². The molecule has 0 heterocycles. The van der Waals surface area contributed by atoms with Crippen molar-refractivity contribution in [1.29, 1.82) is 0 Å². The maximum Gasteiger partial charge on any atom is 1.00 e. The van der Waals surface area contributed by atoms with Crippen molar-refractivity contribution < 1.29 is 34.7 Å². The molecular weight excluding hydrogens is 111 g/mol. The molecule has 8 heavy (non-hydrogen) atoms. The minimum atomic E-state index is -0.556. The van der Waals surface area contributed by atoms with Gasteiger partial charge in [-0.15, -0.1) is 5.60 Å². The molecule has 2 heteroatoms. The molecule has 0 unspecified atom stereocenters. The quantitative estimate of drug-likeness (QED) is 0.331. The average molecular weight is 122 g/mol. The number of hydrogen-bond acceptors (Lipinski definition) is 1. The van der Waals surface area contributed by atoms with Crippen LogP contribution in [0.5, 0.6) is 0 Å². The average Bonchev–Trinajstić information content (AvgIpc) is 1.84. The van der Waals surface area contributed by atoms with E-state index in [2.05, 4.69) is 0 Å². The largest absolute Gasteiger partial charge is 1.00 e. The molecule has 1 rings (SSSR count). The maximum atomic E-state index is 10.9. The second-order valence-corrected chi connectivity index (χ2v) is 2.66. The summed E-state index contributed by atoms with van der Waals surface area (Å²) in [5.41, 5.74) is -0.556. The zero-order chi connectivity index (χ0) is 5.33. The van der Waals surface area contributed by atoms with Crippen LogP contribution in [-0.2, 0) is 0 Å². The van der Waals surface area contributed by atoms with Crippen LogP contribution in [0.1, 0.15) is 32.6 Å². The summed E-state index contributed by atoms with van der Waals surface area (Å²) >= 11 is 0. The fraction of sp³-hybridized carbons (Fsp3) is 1.00. The van der Waals surface area contributed by atoms with Crippen molar-refractivity contribution in [2.75, 3.05) is 0 Å². The summed E-state index contributed by atoms with van der Waals surface area (Å²) in [6.45, 7) is 1.81. The minimum absolute atomic E-state index is 0. The second-order valence-electron chi connectivity index (χ2n) is 2.66. The van der Waals surface area contributed by atoms with Gasteiger partial charge in [0.25, 0.3) is 0 Å². The van der Waals surface area contributed by atoms with Gasteiger partial charge in [-0.05, 0) is 0 Å². The van der Waals surface area contributed by atoms with E-state index in [9.17, 15) is 5.11 Å².